The van der Waals surface area contributed by atoms with Crippen LogP contribution in [-0.2, 0) is 14.3 Å². The highest BCUT2D eigenvalue weighted by atomic mass is 19.1. The van der Waals surface area contributed by atoms with Gasteiger partial charge in [0.15, 0.2) is 18.4 Å². The van der Waals surface area contributed by atoms with Crippen molar-refractivity contribution in [3.63, 3.8) is 0 Å². The number of halogens is 1. The predicted molar refractivity (Wildman–Crippen MR) is 64.6 cm³/mol. The molecule has 1 rings (SSSR count). The van der Waals surface area contributed by atoms with Gasteiger partial charge in [-0.15, -0.1) is 0 Å². The summed E-state index contributed by atoms with van der Waals surface area (Å²) in [4.78, 5) is 11.1. The van der Waals surface area contributed by atoms with E-state index in [4.69, 9.17) is 9.47 Å². The number of benzene rings is 1. The molecule has 0 N–H and O–H groups in total. The smallest absolute Gasteiger partial charge is 0.330 e. The van der Waals surface area contributed by atoms with Crippen molar-refractivity contribution < 1.29 is 23.4 Å². The lowest BCUT2D eigenvalue weighted by atomic mass is 10.2. The van der Waals surface area contributed by atoms with Gasteiger partial charge in [-0.05, 0) is 30.7 Å². The van der Waals surface area contributed by atoms with E-state index in [0.29, 0.717) is 12.2 Å². The molecule has 0 amide bonds. The zero-order valence-electron chi connectivity index (χ0n) is 10.3. The zero-order valence-corrected chi connectivity index (χ0v) is 10.3. The van der Waals surface area contributed by atoms with Gasteiger partial charge in [-0.2, -0.15) is 0 Å². The Morgan fingerprint density at radius 2 is 2.22 bits per heavy atom. The number of hydrogen-bond acceptors (Lipinski definition) is 4. The molecule has 1 aromatic rings. The van der Waals surface area contributed by atoms with E-state index in [1.54, 1.807) is 6.92 Å². The molecule has 0 aliphatic heterocycles. The molecule has 0 atom stereocenters. The first-order chi connectivity index (χ1) is 8.67. The Morgan fingerprint density at radius 3 is 2.89 bits per heavy atom. The third kappa shape index (κ3) is 4.55. The Hall–Kier alpha value is -1.88. The lowest BCUT2D eigenvalue weighted by Crippen LogP contribution is -2.01. The summed E-state index contributed by atoms with van der Waals surface area (Å²) in [7, 11) is 1.45. The van der Waals surface area contributed by atoms with Gasteiger partial charge in [0.25, 0.3) is 0 Å². The zero-order chi connectivity index (χ0) is 13.4. The minimum absolute atomic E-state index is 0.0397. The molecule has 0 aliphatic carbocycles. The Balaban J connectivity index is 2.75. The average molecular weight is 254 g/mol. The van der Waals surface area contributed by atoms with Crippen molar-refractivity contribution in [2.75, 3.05) is 20.5 Å². The molecule has 0 heterocycles. The van der Waals surface area contributed by atoms with Gasteiger partial charge in [0.1, 0.15) is 0 Å². The summed E-state index contributed by atoms with van der Waals surface area (Å²) in [6.45, 7) is 2.00. The second-order valence-corrected chi connectivity index (χ2v) is 3.33. The maximum Gasteiger partial charge on any atom is 0.330 e. The number of rotatable bonds is 6. The number of carbonyl (C=O) groups is 1. The van der Waals surface area contributed by atoms with Gasteiger partial charge >= 0.3 is 5.97 Å². The van der Waals surface area contributed by atoms with E-state index in [0.717, 1.165) is 0 Å². The maximum absolute atomic E-state index is 13.3. The van der Waals surface area contributed by atoms with Crippen LogP contribution in [0, 0.1) is 5.82 Å². The summed E-state index contributed by atoms with van der Waals surface area (Å²) < 4.78 is 27.8. The van der Waals surface area contributed by atoms with Crippen LogP contribution in [0.25, 0.3) is 6.08 Å². The minimum Gasteiger partial charge on any atom is -0.464 e. The van der Waals surface area contributed by atoms with Crippen molar-refractivity contribution in [3.8, 4) is 5.75 Å². The third-order valence-corrected chi connectivity index (χ3v) is 1.99. The molecular formula is C13H15FO4. The summed E-state index contributed by atoms with van der Waals surface area (Å²) in [5.74, 6) is -0.857. The normalized spacial score (nSPS) is 10.6. The van der Waals surface area contributed by atoms with E-state index in [9.17, 15) is 9.18 Å². The summed E-state index contributed by atoms with van der Waals surface area (Å²) in [6.07, 6.45) is 2.80. The van der Waals surface area contributed by atoms with Gasteiger partial charge < -0.3 is 14.2 Å². The van der Waals surface area contributed by atoms with Crippen molar-refractivity contribution in [1.29, 1.82) is 0 Å². The molecule has 0 bridgehead atoms. The number of ether oxygens (including phenoxy) is 3. The summed E-state index contributed by atoms with van der Waals surface area (Å²) in [6, 6.07) is 4.27. The van der Waals surface area contributed by atoms with Crippen LogP contribution in [0.15, 0.2) is 24.3 Å². The van der Waals surface area contributed by atoms with E-state index in [2.05, 4.69) is 4.74 Å². The quantitative estimate of drug-likeness (QED) is 0.444. The highest BCUT2D eigenvalue weighted by molar-refractivity contribution is 5.87. The van der Waals surface area contributed by atoms with Gasteiger partial charge in [0.2, 0.25) is 0 Å². The first-order valence-corrected chi connectivity index (χ1v) is 5.43. The van der Waals surface area contributed by atoms with E-state index >= 15 is 0 Å². The van der Waals surface area contributed by atoms with Crippen LogP contribution in [0.5, 0.6) is 5.75 Å². The van der Waals surface area contributed by atoms with Gasteiger partial charge in [0, 0.05) is 13.2 Å². The Kier molecular flexibility index (Phi) is 5.87. The van der Waals surface area contributed by atoms with Crippen LogP contribution in [0.2, 0.25) is 0 Å². The highest BCUT2D eigenvalue weighted by Gasteiger charge is 2.03. The molecule has 0 fully saturated rings. The Labute approximate surface area is 105 Å². The molecule has 4 nitrogen and oxygen atoms in total. The van der Waals surface area contributed by atoms with E-state index in [1.165, 1.54) is 37.5 Å². The van der Waals surface area contributed by atoms with Gasteiger partial charge in [-0.1, -0.05) is 6.07 Å². The van der Waals surface area contributed by atoms with Crippen molar-refractivity contribution in [3.05, 3.63) is 35.7 Å². The second kappa shape index (κ2) is 7.45. The van der Waals surface area contributed by atoms with Crippen LogP contribution in [0.3, 0.4) is 0 Å². The van der Waals surface area contributed by atoms with Crippen LogP contribution in [0.4, 0.5) is 4.39 Å². The molecule has 18 heavy (non-hydrogen) atoms. The fourth-order valence-corrected chi connectivity index (χ4v) is 1.21. The number of methoxy groups -OCH3 is 1. The second-order valence-electron chi connectivity index (χ2n) is 3.33. The van der Waals surface area contributed by atoms with E-state index in [-0.39, 0.29) is 12.5 Å². The van der Waals surface area contributed by atoms with E-state index in [1.807, 2.05) is 0 Å². The van der Waals surface area contributed by atoms with Crippen molar-refractivity contribution in [1.82, 2.24) is 0 Å². The summed E-state index contributed by atoms with van der Waals surface area (Å²) in [5, 5.41) is 0. The third-order valence-electron chi connectivity index (χ3n) is 1.99. The average Bonchev–Trinajstić information content (AvgIpc) is 2.36. The van der Waals surface area contributed by atoms with Crippen LogP contribution in [-0.4, -0.2) is 26.5 Å². The fourth-order valence-electron chi connectivity index (χ4n) is 1.21. The molecule has 0 radical (unpaired) electrons. The molecule has 5 heteroatoms. The molecule has 1 aromatic carbocycles. The van der Waals surface area contributed by atoms with E-state index < -0.39 is 11.8 Å². The molecule has 98 valence electrons. The SMILES string of the molecule is CCOC(=O)/C=C/c1ccc(F)c(OCOC)c1. The van der Waals surface area contributed by atoms with Crippen LogP contribution in [0.1, 0.15) is 12.5 Å². The molecule has 0 spiro atoms. The molecule has 0 saturated carbocycles. The summed E-state index contributed by atoms with van der Waals surface area (Å²) in [5.41, 5.74) is 0.635. The van der Waals surface area contributed by atoms with Gasteiger partial charge in [-0.3, -0.25) is 0 Å². The maximum atomic E-state index is 13.3. The minimum atomic E-state index is -0.486. The first kappa shape index (κ1) is 14.2. The molecule has 0 aromatic heterocycles. The van der Waals surface area contributed by atoms with Gasteiger partial charge in [-0.25, -0.2) is 9.18 Å². The topological polar surface area (TPSA) is 44.8 Å². The lowest BCUT2D eigenvalue weighted by molar-refractivity contribution is -0.137. The molecule has 0 unspecified atom stereocenters. The lowest BCUT2D eigenvalue weighted by Gasteiger charge is -2.06. The standard InChI is InChI=1S/C13H15FO4/c1-3-17-13(15)7-5-10-4-6-11(14)12(8-10)18-9-16-2/h4-8H,3,9H2,1-2H3/b7-5+. The first-order valence-electron chi connectivity index (χ1n) is 5.43. The summed E-state index contributed by atoms with van der Waals surface area (Å²) >= 11 is 0. The fraction of sp³-hybridized carbons (Fsp3) is 0.308. The number of carbonyl (C=O) groups excluding carboxylic acids is 1. The number of hydrogen-bond donors (Lipinski definition) is 0. The molecule has 0 saturated heterocycles. The van der Waals surface area contributed by atoms with Crippen LogP contribution < -0.4 is 4.74 Å². The van der Waals surface area contributed by atoms with Crippen molar-refractivity contribution in [2.45, 2.75) is 6.92 Å². The van der Waals surface area contributed by atoms with Crippen LogP contribution >= 0.6 is 0 Å². The molecule has 0 aliphatic rings. The Morgan fingerprint density at radius 1 is 1.44 bits per heavy atom. The number of esters is 1. The monoisotopic (exact) mass is 254 g/mol. The van der Waals surface area contributed by atoms with Crippen molar-refractivity contribution >= 4 is 12.0 Å². The largest absolute Gasteiger partial charge is 0.464 e. The Bertz CT molecular complexity index is 429. The van der Waals surface area contributed by atoms with Gasteiger partial charge in [0.05, 0.1) is 6.61 Å². The van der Waals surface area contributed by atoms with Crippen molar-refractivity contribution in [2.24, 2.45) is 0 Å². The predicted octanol–water partition coefficient (Wildman–Crippen LogP) is 2.38. The highest BCUT2D eigenvalue weighted by Crippen LogP contribution is 2.19. The molecular weight excluding hydrogens is 239 g/mol.